The first-order valence-corrected chi connectivity index (χ1v) is 51.0. The number of likely N-dealkylation sites (N-methyl/N-ethyl adjacent to an activating group) is 1. The highest BCUT2D eigenvalue weighted by Crippen LogP contribution is 2.43. The van der Waals surface area contributed by atoms with Gasteiger partial charge in [-0.05, 0) is 280 Å². The number of hydrogen-bond donors (Lipinski definition) is 8. The lowest BCUT2D eigenvalue weighted by atomic mass is 9.99. The molecule has 9 heterocycles. The monoisotopic (exact) mass is 1900 g/mol. The van der Waals surface area contributed by atoms with E-state index >= 15 is 0 Å². The van der Waals surface area contributed by atoms with E-state index in [4.69, 9.17) is 38.9 Å². The molecule has 6 aromatic heterocycles. The molecule has 720 valence electrons. The highest BCUT2D eigenvalue weighted by Gasteiger charge is 2.29. The summed E-state index contributed by atoms with van der Waals surface area (Å²) in [5, 5.41) is 24.9. The Bertz CT molecular complexity index is 6490. The topological polar surface area (TPSA) is 365 Å². The van der Waals surface area contributed by atoms with Crippen LogP contribution in [-0.4, -0.2) is 213 Å². The van der Waals surface area contributed by atoms with Crippen LogP contribution in [0.5, 0.6) is 17.2 Å². The third kappa shape index (κ3) is 25.7. The molecule has 136 heavy (non-hydrogen) atoms. The van der Waals surface area contributed by atoms with Crippen molar-refractivity contribution in [2.24, 2.45) is 0 Å². The fourth-order valence-corrected chi connectivity index (χ4v) is 19.0. The standard InChI is InChI=1S/C35H45N7O4S.C34H43N7O3S.C33H41N7O3S/c1-23(2)46-31-19-25(5)28(27-11-12-33(37-22-27)36-13-14-42-15-17-45-18-16-42)20-30(31)40-35-38-21-26(6)34(41-35)39-29-9-7-8-10-32(29)47(43,44)24(3)4;1-22(2)44-30-18-24(5)27(26-12-13-35-32(19-26)41-16-14-40(7)15-17-41)20-29(30)38-34-36-21-25(6)33(39-34)37-28-10-8-9-11-31(28)45(42,43)23(3)4;1-21(2)43-29-17-23(5)26(25-11-12-31(35-20-25)40-15-13-34-14-16-40)18-28(29)38-33-36-19-24(6)32(39-33)37-27-9-7-8-10-30(27)44(41,42)22(3)4/h7-12,19-24H,13-18H2,1-6H3,(H,36,37)(H2,38,39,40,41);8-13,18-23H,14-17H2,1-7H3,(H2,36,37,38,39);7-12,17-22,34H,13-16H2,1-6H3,(H2,36,37,38,39). The van der Waals surface area contributed by atoms with Gasteiger partial charge in [-0.1, -0.05) is 36.4 Å². The van der Waals surface area contributed by atoms with Crippen LogP contribution in [0.4, 0.5) is 86.9 Å². The lowest BCUT2D eigenvalue weighted by molar-refractivity contribution is 0.0398. The molecule has 8 N–H and O–H groups in total. The molecule has 12 aromatic rings. The van der Waals surface area contributed by atoms with E-state index in [0.29, 0.717) is 81.0 Å². The van der Waals surface area contributed by atoms with Crippen LogP contribution in [0, 0.1) is 41.5 Å². The molecule has 0 bridgehead atoms. The van der Waals surface area contributed by atoms with E-state index in [1.54, 1.807) is 133 Å². The van der Waals surface area contributed by atoms with E-state index in [9.17, 15) is 25.3 Å². The summed E-state index contributed by atoms with van der Waals surface area (Å²) in [6, 6.07) is 45.2. The minimum Gasteiger partial charge on any atom is -0.489 e. The summed E-state index contributed by atoms with van der Waals surface area (Å²) in [6.07, 6.45) is 10.6. The second kappa shape index (κ2) is 45.3. The minimum absolute atomic E-state index is 0.0450. The molecule has 3 aliphatic heterocycles. The second-order valence-corrected chi connectivity index (χ2v) is 43.3. The average Bonchev–Trinajstić information content (AvgIpc) is 0.806. The maximum atomic E-state index is 13.1. The van der Waals surface area contributed by atoms with Crippen LogP contribution in [0.3, 0.4) is 0 Å². The zero-order valence-electron chi connectivity index (χ0n) is 81.3. The van der Waals surface area contributed by atoms with E-state index in [-0.39, 0.29) is 33.0 Å². The van der Waals surface area contributed by atoms with Crippen molar-refractivity contribution < 1.29 is 44.2 Å². The highest BCUT2D eigenvalue weighted by molar-refractivity contribution is 7.92. The Balaban J connectivity index is 0.000000173. The van der Waals surface area contributed by atoms with Gasteiger partial charge in [0, 0.05) is 144 Å². The molecular weight excluding hydrogens is 1780 g/mol. The first-order chi connectivity index (χ1) is 64.9. The van der Waals surface area contributed by atoms with Gasteiger partial charge >= 0.3 is 0 Å². The van der Waals surface area contributed by atoms with Gasteiger partial charge in [-0.25, -0.2) is 55.2 Å². The quantitative estimate of drug-likeness (QED) is 0.0189. The van der Waals surface area contributed by atoms with Crippen LogP contribution in [0.2, 0.25) is 0 Å². The molecule has 34 heteroatoms. The number of ether oxygens (including phenoxy) is 4. The summed E-state index contributed by atoms with van der Waals surface area (Å²) in [5.74, 6) is 7.33. The van der Waals surface area contributed by atoms with Gasteiger partial charge in [0.15, 0.2) is 29.5 Å². The number of benzene rings is 6. The summed E-state index contributed by atoms with van der Waals surface area (Å²) < 4.78 is 102. The van der Waals surface area contributed by atoms with Gasteiger partial charge < -0.3 is 76.2 Å². The van der Waals surface area contributed by atoms with Crippen LogP contribution in [0.15, 0.2) is 197 Å². The van der Waals surface area contributed by atoms with Crippen LogP contribution < -0.4 is 66.5 Å². The number of aryl methyl sites for hydroxylation is 6. The predicted molar refractivity (Wildman–Crippen MR) is 547 cm³/mol. The summed E-state index contributed by atoms with van der Waals surface area (Å²) >= 11 is 0. The van der Waals surface area contributed by atoms with Gasteiger partial charge in [0.05, 0.1) is 96.1 Å². The summed E-state index contributed by atoms with van der Waals surface area (Å²) in [4.78, 5) is 52.0. The maximum Gasteiger partial charge on any atom is 0.229 e. The molecule has 0 radical (unpaired) electrons. The Morgan fingerprint density at radius 3 is 1.13 bits per heavy atom. The first kappa shape index (κ1) is 101. The number of rotatable bonds is 33. The average molecular weight is 1910 g/mol. The van der Waals surface area contributed by atoms with E-state index in [1.807, 2.05) is 130 Å². The van der Waals surface area contributed by atoms with Crippen molar-refractivity contribution in [3.8, 4) is 50.6 Å². The third-order valence-electron chi connectivity index (χ3n) is 23.2. The van der Waals surface area contributed by atoms with E-state index in [1.165, 1.54) is 0 Å². The number of nitrogens with zero attached hydrogens (tertiary/aromatic N) is 13. The lowest BCUT2D eigenvalue weighted by Crippen LogP contribution is -2.44. The number of sulfone groups is 3. The SMILES string of the molecule is Cc1cc(OC(C)C)c(Nc2ncc(C)c(Nc3ccccc3S(=O)(=O)C(C)C)n2)cc1-c1ccc(N2CCNCC2)nc1.Cc1cc(OC(C)C)c(Nc2ncc(C)c(Nc3ccccc3S(=O)(=O)C(C)C)n2)cc1-c1ccc(NCCN2CCOCC2)nc1.Cc1cc(OC(C)C)c(Nc2ncc(C)c(Nc3ccccc3S(=O)(=O)C(C)C)n2)cc1-c1ccnc(N2CCN(C)CC2)c1. The van der Waals surface area contributed by atoms with Crippen LogP contribution >= 0.6 is 0 Å². The fraction of sp³-hybridized carbons (Fsp3) is 0.382. The number of aromatic nitrogens is 9. The summed E-state index contributed by atoms with van der Waals surface area (Å²) in [6.45, 7) is 46.7. The molecule has 31 nitrogen and oxygen atoms in total. The summed E-state index contributed by atoms with van der Waals surface area (Å²) in [7, 11) is -8.39. The number of para-hydroxylation sites is 3. The van der Waals surface area contributed by atoms with Gasteiger partial charge in [0.25, 0.3) is 0 Å². The van der Waals surface area contributed by atoms with Crippen molar-refractivity contribution in [1.29, 1.82) is 0 Å². The molecule has 0 amide bonds. The molecular formula is C102H129N21O10S3. The molecule has 3 aliphatic rings. The molecule has 0 unspecified atom stereocenters. The molecule has 0 saturated carbocycles. The third-order valence-corrected chi connectivity index (χ3v) is 29.9. The number of hydrogen-bond acceptors (Lipinski definition) is 31. The molecule has 0 spiro atoms. The molecule has 3 saturated heterocycles. The Morgan fingerprint density at radius 1 is 0.375 bits per heavy atom. The van der Waals surface area contributed by atoms with Crippen LogP contribution in [0.25, 0.3) is 33.4 Å². The Morgan fingerprint density at radius 2 is 0.757 bits per heavy atom. The Labute approximate surface area is 801 Å². The van der Waals surface area contributed by atoms with Crippen molar-refractivity contribution in [2.45, 2.75) is 173 Å². The molecule has 3 fully saturated rings. The van der Waals surface area contributed by atoms with Crippen molar-refractivity contribution in [3.05, 3.63) is 216 Å². The zero-order valence-corrected chi connectivity index (χ0v) is 83.8. The second-order valence-electron chi connectivity index (χ2n) is 35.8. The van der Waals surface area contributed by atoms with Gasteiger partial charge in [0.1, 0.15) is 52.2 Å². The van der Waals surface area contributed by atoms with E-state index in [0.717, 1.165) is 182 Å². The molecule has 0 aliphatic carbocycles. The van der Waals surface area contributed by atoms with Crippen LogP contribution in [-0.2, 0) is 34.2 Å². The van der Waals surface area contributed by atoms with Crippen molar-refractivity contribution in [1.82, 2.24) is 60.0 Å². The van der Waals surface area contributed by atoms with Crippen molar-refractivity contribution in [3.63, 3.8) is 0 Å². The van der Waals surface area contributed by atoms with Gasteiger partial charge in [-0.2, -0.15) is 15.0 Å². The number of piperazine rings is 2. The van der Waals surface area contributed by atoms with Gasteiger partial charge in [-0.15, -0.1) is 0 Å². The Hall–Kier alpha value is -12.7. The number of morpholine rings is 1. The largest absolute Gasteiger partial charge is 0.489 e. The molecule has 0 atom stereocenters. The fourth-order valence-electron chi connectivity index (χ4n) is 15.4. The van der Waals surface area contributed by atoms with Gasteiger partial charge in [0.2, 0.25) is 17.8 Å². The minimum atomic E-state index is -3.52. The predicted octanol–water partition coefficient (Wildman–Crippen LogP) is 18.7. The first-order valence-electron chi connectivity index (χ1n) is 46.3. The van der Waals surface area contributed by atoms with E-state index in [2.05, 4.69) is 138 Å². The number of pyridine rings is 3. The normalized spacial score (nSPS) is 14.0. The number of nitrogens with one attached hydrogen (secondary N) is 8. The molecule has 6 aromatic carbocycles. The van der Waals surface area contributed by atoms with Crippen molar-refractivity contribution >= 4 is 116 Å². The maximum absolute atomic E-state index is 13.1. The highest BCUT2D eigenvalue weighted by atomic mass is 32.2. The lowest BCUT2D eigenvalue weighted by Gasteiger charge is -2.33. The zero-order chi connectivity index (χ0) is 97.3. The smallest absolute Gasteiger partial charge is 0.229 e. The van der Waals surface area contributed by atoms with Crippen LogP contribution in [0.1, 0.15) is 116 Å². The Kier molecular flexibility index (Phi) is 33.6. The van der Waals surface area contributed by atoms with Crippen molar-refractivity contribution in [2.75, 3.05) is 146 Å². The van der Waals surface area contributed by atoms with E-state index < -0.39 is 45.3 Å². The summed E-state index contributed by atoms with van der Waals surface area (Å²) in [5.41, 5.74) is 15.1. The van der Waals surface area contributed by atoms with Gasteiger partial charge in [-0.3, -0.25) is 4.90 Å². The number of anilines is 15. The molecule has 15 rings (SSSR count).